The Kier molecular flexibility index (Phi) is 7.21. The van der Waals surface area contributed by atoms with Gasteiger partial charge in [-0.3, -0.25) is 4.79 Å². The van der Waals surface area contributed by atoms with Gasteiger partial charge in [-0.1, -0.05) is 0 Å². The number of nitrogens with two attached hydrogens (primary N) is 1. The predicted molar refractivity (Wildman–Crippen MR) is 141 cm³/mol. The third kappa shape index (κ3) is 5.58. The Bertz CT molecular complexity index is 1410. The molecule has 3 aromatic heterocycles. The number of amides is 1. The molecule has 11 nitrogen and oxygen atoms in total. The molecule has 12 heteroatoms. The van der Waals surface area contributed by atoms with Crippen LogP contribution < -0.4 is 20.1 Å². The minimum atomic E-state index is -4.36. The van der Waals surface area contributed by atoms with Crippen LogP contribution in [0.1, 0.15) is 52.3 Å². The van der Waals surface area contributed by atoms with E-state index >= 15 is 0 Å². The molecular weight excluding hydrogens is 496 g/mol. The number of hydrogen-bond acceptors (Lipinski definition) is 10. The van der Waals surface area contributed by atoms with Crippen LogP contribution in [-0.4, -0.2) is 52.6 Å². The maximum Gasteiger partial charge on any atom is 0.281 e. The number of hydrogen-bond donors (Lipinski definition) is 3. The van der Waals surface area contributed by atoms with Crippen LogP contribution >= 0.6 is 0 Å². The van der Waals surface area contributed by atoms with Crippen molar-refractivity contribution in [3.8, 4) is 22.9 Å². The van der Waals surface area contributed by atoms with Gasteiger partial charge in [-0.05, 0) is 70.9 Å². The fourth-order valence-corrected chi connectivity index (χ4v) is 5.19. The summed E-state index contributed by atoms with van der Waals surface area (Å²) in [6.07, 6.45) is 3.45. The highest BCUT2D eigenvalue weighted by Crippen LogP contribution is 2.33. The van der Waals surface area contributed by atoms with Crippen LogP contribution in [0.5, 0.6) is 11.6 Å². The Morgan fingerprint density at radius 3 is 2.43 bits per heavy atom. The number of aromatic nitrogens is 3. The lowest BCUT2D eigenvalue weighted by Crippen LogP contribution is -2.37. The molecule has 1 aliphatic rings. The number of carbonyl (C=O) groups is 1. The number of nitrogens with zero attached hydrogens (tertiary/aromatic N) is 4. The maximum absolute atomic E-state index is 13.3. The van der Waals surface area contributed by atoms with Crippen molar-refractivity contribution < 1.29 is 24.5 Å². The molecule has 198 valence electrons. The Labute approximate surface area is 217 Å². The number of aromatic hydroxyl groups is 1. The molecule has 0 radical (unpaired) electrons. The van der Waals surface area contributed by atoms with E-state index in [0.29, 0.717) is 17.4 Å². The first kappa shape index (κ1) is 26.1. The summed E-state index contributed by atoms with van der Waals surface area (Å²) >= 11 is 0. The van der Waals surface area contributed by atoms with Gasteiger partial charge in [0.05, 0.1) is 17.4 Å². The van der Waals surface area contributed by atoms with Crippen LogP contribution in [0.3, 0.4) is 0 Å². The number of ether oxygens (including phenoxy) is 1. The zero-order chi connectivity index (χ0) is 26.9. The predicted octanol–water partition coefficient (Wildman–Crippen LogP) is 3.36. The van der Waals surface area contributed by atoms with E-state index in [1.807, 2.05) is 38.7 Å². The van der Waals surface area contributed by atoms with E-state index in [0.717, 1.165) is 30.5 Å². The number of rotatable bonds is 7. The molecule has 1 aliphatic heterocycles. The molecule has 4 rings (SSSR count). The summed E-state index contributed by atoms with van der Waals surface area (Å²) in [7, 11) is -4.36. The first-order valence-corrected chi connectivity index (χ1v) is 13.4. The Morgan fingerprint density at radius 1 is 1.14 bits per heavy atom. The first-order chi connectivity index (χ1) is 17.5. The normalized spacial score (nSPS) is 17.7. The van der Waals surface area contributed by atoms with Gasteiger partial charge in [0.15, 0.2) is 16.6 Å². The minimum absolute atomic E-state index is 0. The molecular formula is C25H32N6O5S. The Morgan fingerprint density at radius 2 is 1.84 bits per heavy atom. The van der Waals surface area contributed by atoms with Crippen LogP contribution in [0.25, 0.3) is 11.3 Å². The molecule has 1 fully saturated rings. The molecule has 0 aromatic carbocycles. The van der Waals surface area contributed by atoms with Gasteiger partial charge in [0.25, 0.3) is 15.9 Å². The third-order valence-electron chi connectivity index (χ3n) is 6.08. The van der Waals surface area contributed by atoms with Gasteiger partial charge >= 0.3 is 0 Å². The molecule has 2 atom stereocenters. The lowest BCUT2D eigenvalue weighted by atomic mass is 10.1. The molecule has 0 aliphatic carbocycles. The van der Waals surface area contributed by atoms with Crippen LogP contribution in [0, 0.1) is 0 Å². The summed E-state index contributed by atoms with van der Waals surface area (Å²) in [6, 6.07) is 9.14. The molecule has 0 spiro atoms. The second-order valence-corrected chi connectivity index (χ2v) is 10.9. The van der Waals surface area contributed by atoms with Crippen molar-refractivity contribution in [1.82, 2.24) is 19.7 Å². The monoisotopic (exact) mass is 528 g/mol. The highest BCUT2D eigenvalue weighted by Gasteiger charge is 2.33. The van der Waals surface area contributed by atoms with E-state index in [-0.39, 0.29) is 36.7 Å². The highest BCUT2D eigenvalue weighted by molar-refractivity contribution is 7.90. The molecule has 0 saturated carbocycles. The zero-order valence-electron chi connectivity index (χ0n) is 21.0. The van der Waals surface area contributed by atoms with E-state index in [2.05, 4.69) is 14.7 Å². The first-order valence-electron chi connectivity index (χ1n) is 11.9. The van der Waals surface area contributed by atoms with Crippen molar-refractivity contribution in [3.63, 3.8) is 0 Å². The zero-order valence-corrected chi connectivity index (χ0v) is 21.9. The largest absolute Gasteiger partial charge is 0.504 e. The summed E-state index contributed by atoms with van der Waals surface area (Å²) in [5.74, 6) is -0.704. The molecule has 3 aromatic rings. The average Bonchev–Trinajstić information content (AvgIpc) is 3.17. The fraction of sp³-hybridized carbons (Fsp3) is 0.360. The minimum Gasteiger partial charge on any atom is -0.504 e. The summed E-state index contributed by atoms with van der Waals surface area (Å²) in [5.41, 5.74) is 6.94. The number of nitrogen functional groups attached to an aromatic ring is 1. The molecule has 1 saturated heterocycles. The topological polar surface area (TPSA) is 161 Å². The number of nitrogens with one attached hydrogen (secondary N) is 1. The molecule has 37 heavy (non-hydrogen) atoms. The quantitative estimate of drug-likeness (QED) is 0.415. The van der Waals surface area contributed by atoms with E-state index in [1.165, 1.54) is 0 Å². The molecule has 0 bridgehead atoms. The van der Waals surface area contributed by atoms with Crippen molar-refractivity contribution in [1.29, 1.82) is 0 Å². The van der Waals surface area contributed by atoms with E-state index in [4.69, 9.17) is 15.5 Å². The second-order valence-electron chi connectivity index (χ2n) is 9.29. The SMILES string of the molecule is CC(C)Oc1ccc(-c2ccc(C(=O)NS(=O)(=O)c3ccc(O)c(N)n3)c(N3[C@H](C)CC[C@@H]3C)n2)cn1.[HH]. The maximum atomic E-state index is 13.3. The van der Waals surface area contributed by atoms with E-state index in [9.17, 15) is 18.3 Å². The number of carbonyl (C=O) groups excluding carboxylic acids is 1. The van der Waals surface area contributed by atoms with Gasteiger partial charge in [0.2, 0.25) is 5.88 Å². The fourth-order valence-electron chi connectivity index (χ4n) is 4.27. The molecule has 0 unspecified atom stereocenters. The Balaban J connectivity index is 0.00000400. The molecule has 4 heterocycles. The lowest BCUT2D eigenvalue weighted by molar-refractivity contribution is 0.0981. The van der Waals surface area contributed by atoms with Gasteiger partial charge in [-0.2, -0.15) is 8.42 Å². The van der Waals surface area contributed by atoms with Gasteiger partial charge in [-0.25, -0.2) is 19.7 Å². The van der Waals surface area contributed by atoms with Crippen LogP contribution in [0.4, 0.5) is 11.6 Å². The van der Waals surface area contributed by atoms with E-state index in [1.54, 1.807) is 24.4 Å². The van der Waals surface area contributed by atoms with Crippen molar-refractivity contribution in [3.05, 3.63) is 48.2 Å². The van der Waals surface area contributed by atoms with Gasteiger partial charge < -0.3 is 20.5 Å². The lowest BCUT2D eigenvalue weighted by Gasteiger charge is -2.29. The number of anilines is 2. The smallest absolute Gasteiger partial charge is 0.281 e. The van der Waals surface area contributed by atoms with Crippen molar-refractivity contribution in [2.24, 2.45) is 0 Å². The molecule has 4 N–H and O–H groups in total. The van der Waals surface area contributed by atoms with Gasteiger partial charge in [0.1, 0.15) is 5.82 Å². The average molecular weight is 529 g/mol. The standard InChI is InChI=1S/C25H30N6O5S.H2/c1-14(2)36-21-11-7-17(13-27-21)19-9-8-18(24(28-19)31-15(3)5-6-16(31)4)25(33)30-37(34,35)22-12-10-20(32)23(26)29-22;/h7-16,32H,5-6H2,1-4H3,(H2,26,29)(H,30,33);1H/t15-,16+;. The summed E-state index contributed by atoms with van der Waals surface area (Å²) in [6.45, 7) is 7.91. The number of sulfonamides is 1. The number of pyridine rings is 3. The van der Waals surface area contributed by atoms with Gasteiger partial charge in [0, 0.05) is 31.3 Å². The van der Waals surface area contributed by atoms with Gasteiger partial charge in [-0.15, -0.1) is 0 Å². The second kappa shape index (κ2) is 10.2. The summed E-state index contributed by atoms with van der Waals surface area (Å²) in [5, 5.41) is 9.07. The van der Waals surface area contributed by atoms with Crippen LogP contribution in [-0.2, 0) is 10.0 Å². The molecule has 1 amide bonds. The van der Waals surface area contributed by atoms with E-state index < -0.39 is 21.0 Å². The van der Waals surface area contributed by atoms with Crippen LogP contribution in [0.2, 0.25) is 0 Å². The van der Waals surface area contributed by atoms with Crippen molar-refractivity contribution >= 4 is 27.6 Å². The Hall–Kier alpha value is -3.93. The highest BCUT2D eigenvalue weighted by atomic mass is 32.2. The van der Waals surface area contributed by atoms with Crippen molar-refractivity contribution in [2.75, 3.05) is 10.6 Å². The van der Waals surface area contributed by atoms with Crippen molar-refractivity contribution in [2.45, 2.75) is 63.8 Å². The van der Waals surface area contributed by atoms with Crippen LogP contribution in [0.15, 0.2) is 47.6 Å². The third-order valence-corrected chi connectivity index (χ3v) is 7.32. The summed E-state index contributed by atoms with van der Waals surface area (Å²) in [4.78, 5) is 28.1. The summed E-state index contributed by atoms with van der Waals surface area (Å²) < 4.78 is 33.4.